The lowest BCUT2D eigenvalue weighted by Gasteiger charge is -2.33. The number of benzene rings is 4. The van der Waals surface area contributed by atoms with E-state index in [-0.39, 0.29) is 35.3 Å². The zero-order valence-electron chi connectivity index (χ0n) is 22.7. The zero-order chi connectivity index (χ0) is 30.2. The Bertz CT molecular complexity index is 1400. The number of aliphatic hydroxyl groups is 2. The molecule has 218 valence electrons. The number of phenolic OH excluding ortho intramolecular Hbond substituents is 2. The molecule has 4 atom stereocenters. The lowest BCUT2D eigenvalue weighted by atomic mass is 9.90. The quantitative estimate of drug-likeness (QED) is 0.0995. The Hall–Kier alpha value is -5.06. The van der Waals surface area contributed by atoms with Gasteiger partial charge >= 0.3 is 0 Å². The van der Waals surface area contributed by atoms with E-state index in [4.69, 9.17) is 11.5 Å². The maximum atomic E-state index is 13.2. The average molecular weight is 571 g/mol. The van der Waals surface area contributed by atoms with Crippen molar-refractivity contribution in [3.05, 3.63) is 119 Å². The van der Waals surface area contributed by atoms with Crippen LogP contribution >= 0.6 is 0 Å². The second-order valence-corrected chi connectivity index (χ2v) is 10.0. The summed E-state index contributed by atoms with van der Waals surface area (Å²) in [5.41, 5.74) is 12.9. The summed E-state index contributed by atoms with van der Waals surface area (Å²) in [6.45, 7) is 0. The summed E-state index contributed by atoms with van der Waals surface area (Å²) >= 11 is 0. The van der Waals surface area contributed by atoms with Crippen molar-refractivity contribution in [1.82, 2.24) is 10.6 Å². The average Bonchev–Trinajstić information content (AvgIpc) is 2.99. The number of aliphatic hydroxyl groups excluding tert-OH is 2. The Balaban J connectivity index is 1.64. The molecule has 0 aliphatic rings. The number of nitrogen functional groups attached to an aromatic ring is 2. The number of nitrogens with one attached hydrogen (secondary N) is 2. The normalized spacial score (nSPS) is 13.9. The first-order chi connectivity index (χ1) is 20.2. The molecule has 42 heavy (non-hydrogen) atoms. The van der Waals surface area contributed by atoms with Crippen LogP contribution in [0.3, 0.4) is 0 Å². The van der Waals surface area contributed by atoms with Gasteiger partial charge in [0.05, 0.1) is 34.6 Å². The first-order valence-corrected chi connectivity index (χ1v) is 13.4. The van der Waals surface area contributed by atoms with E-state index in [2.05, 4.69) is 10.6 Å². The van der Waals surface area contributed by atoms with E-state index in [0.29, 0.717) is 0 Å². The molecular weight excluding hydrogens is 536 g/mol. The highest BCUT2D eigenvalue weighted by molar-refractivity contribution is 5.99. The minimum Gasteiger partial charge on any atom is -0.505 e. The number of hydrogen-bond donors (Lipinski definition) is 8. The summed E-state index contributed by atoms with van der Waals surface area (Å²) in [7, 11) is 0. The molecule has 0 saturated heterocycles. The van der Waals surface area contributed by atoms with Crippen molar-refractivity contribution < 1.29 is 30.0 Å². The van der Waals surface area contributed by atoms with Crippen molar-refractivity contribution >= 4 is 23.2 Å². The highest BCUT2D eigenvalue weighted by Crippen LogP contribution is 2.26. The number of carbonyl (C=O) groups excluding carboxylic acids is 2. The molecule has 0 aliphatic heterocycles. The topological polar surface area (TPSA) is 191 Å². The number of phenols is 2. The fourth-order valence-corrected chi connectivity index (χ4v) is 4.71. The molecule has 10 heteroatoms. The van der Waals surface area contributed by atoms with Crippen LogP contribution in [0.2, 0.25) is 0 Å². The third-order valence-electron chi connectivity index (χ3n) is 7.03. The molecule has 10 nitrogen and oxygen atoms in total. The predicted molar refractivity (Wildman–Crippen MR) is 160 cm³/mol. The van der Waals surface area contributed by atoms with Crippen LogP contribution in [-0.2, 0) is 12.8 Å². The van der Waals surface area contributed by atoms with Gasteiger partial charge in [-0.05, 0) is 48.2 Å². The van der Waals surface area contributed by atoms with Gasteiger partial charge in [0.25, 0.3) is 11.8 Å². The van der Waals surface area contributed by atoms with Crippen LogP contribution in [0.15, 0.2) is 97.1 Å². The van der Waals surface area contributed by atoms with E-state index in [9.17, 15) is 30.0 Å². The minimum atomic E-state index is -1.58. The van der Waals surface area contributed by atoms with E-state index in [1.54, 1.807) is 24.3 Å². The molecule has 10 N–H and O–H groups in total. The molecule has 0 fully saturated rings. The second kappa shape index (κ2) is 13.5. The van der Waals surface area contributed by atoms with E-state index >= 15 is 0 Å². The number of amides is 2. The Kier molecular flexibility index (Phi) is 9.64. The first-order valence-electron chi connectivity index (χ1n) is 13.4. The van der Waals surface area contributed by atoms with Gasteiger partial charge in [-0.3, -0.25) is 9.59 Å². The largest absolute Gasteiger partial charge is 0.505 e. The van der Waals surface area contributed by atoms with Gasteiger partial charge in [0.2, 0.25) is 0 Å². The van der Waals surface area contributed by atoms with Gasteiger partial charge in [0.15, 0.2) is 11.5 Å². The van der Waals surface area contributed by atoms with Crippen LogP contribution in [0.1, 0.15) is 31.8 Å². The Labute approximate surface area is 243 Å². The second-order valence-electron chi connectivity index (χ2n) is 10.0. The maximum absolute atomic E-state index is 13.2. The van der Waals surface area contributed by atoms with Crippen LogP contribution in [0.5, 0.6) is 11.5 Å². The molecule has 0 aromatic heterocycles. The van der Waals surface area contributed by atoms with Crippen LogP contribution in [-0.4, -0.2) is 56.5 Å². The van der Waals surface area contributed by atoms with Gasteiger partial charge < -0.3 is 42.5 Å². The molecule has 4 unspecified atom stereocenters. The van der Waals surface area contributed by atoms with Crippen molar-refractivity contribution in [2.24, 2.45) is 0 Å². The third-order valence-corrected chi connectivity index (χ3v) is 7.03. The lowest BCUT2D eigenvalue weighted by molar-refractivity contribution is -0.0219. The molecule has 0 aliphatic carbocycles. The van der Waals surface area contributed by atoms with Crippen molar-refractivity contribution in [3.8, 4) is 11.5 Å². The summed E-state index contributed by atoms with van der Waals surface area (Å²) < 4.78 is 0. The van der Waals surface area contributed by atoms with Crippen LogP contribution < -0.4 is 22.1 Å². The van der Waals surface area contributed by atoms with Crippen molar-refractivity contribution in [1.29, 1.82) is 0 Å². The van der Waals surface area contributed by atoms with Gasteiger partial charge in [-0.2, -0.15) is 0 Å². The number of carbonyl (C=O) groups is 2. The van der Waals surface area contributed by atoms with Crippen LogP contribution in [0.4, 0.5) is 11.4 Å². The van der Waals surface area contributed by atoms with E-state index in [1.807, 2.05) is 36.4 Å². The minimum absolute atomic E-state index is 0.0123. The molecule has 0 heterocycles. The van der Waals surface area contributed by atoms with E-state index in [1.165, 1.54) is 36.4 Å². The molecule has 0 bridgehead atoms. The van der Waals surface area contributed by atoms with Crippen molar-refractivity contribution in [3.63, 3.8) is 0 Å². The molecule has 0 saturated carbocycles. The highest BCUT2D eigenvalue weighted by Gasteiger charge is 2.35. The molecule has 4 aromatic carbocycles. The monoisotopic (exact) mass is 570 g/mol. The van der Waals surface area contributed by atoms with E-state index in [0.717, 1.165) is 11.1 Å². The van der Waals surface area contributed by atoms with Gasteiger partial charge in [0.1, 0.15) is 12.2 Å². The summed E-state index contributed by atoms with van der Waals surface area (Å²) in [6.07, 6.45) is -2.92. The van der Waals surface area contributed by atoms with E-state index < -0.39 is 47.6 Å². The van der Waals surface area contributed by atoms with Gasteiger partial charge in [-0.1, -0.05) is 72.8 Å². The fourth-order valence-electron chi connectivity index (χ4n) is 4.71. The maximum Gasteiger partial charge on any atom is 0.255 e. The molecular formula is C32H34N4O6. The molecule has 0 spiro atoms. The number of nitrogens with two attached hydrogens (primary N) is 2. The molecule has 0 radical (unpaired) electrons. The number of rotatable bonds is 11. The highest BCUT2D eigenvalue weighted by atomic mass is 16.3. The summed E-state index contributed by atoms with van der Waals surface area (Å²) in [6, 6.07) is 24.7. The van der Waals surface area contributed by atoms with Crippen LogP contribution in [0, 0.1) is 0 Å². The van der Waals surface area contributed by atoms with Crippen molar-refractivity contribution in [2.75, 3.05) is 11.5 Å². The summed E-state index contributed by atoms with van der Waals surface area (Å²) in [5, 5.41) is 49.2. The Morgan fingerprint density at radius 3 is 1.29 bits per heavy atom. The zero-order valence-corrected chi connectivity index (χ0v) is 22.7. The number of aromatic hydroxyl groups is 2. The SMILES string of the molecule is Nc1cccc(C(=O)NC(Cc2ccccc2)C(O)C(O)C(Cc2ccccc2)NC(=O)c2cccc(N)c2O)c1O. The first kappa shape index (κ1) is 29.9. The third kappa shape index (κ3) is 7.17. The smallest absolute Gasteiger partial charge is 0.255 e. The van der Waals surface area contributed by atoms with Gasteiger partial charge in [0, 0.05) is 0 Å². The Morgan fingerprint density at radius 2 is 0.929 bits per heavy atom. The fraction of sp³-hybridized carbons (Fsp3) is 0.188. The molecule has 4 rings (SSSR count). The summed E-state index contributed by atoms with van der Waals surface area (Å²) in [4.78, 5) is 26.4. The Morgan fingerprint density at radius 1 is 0.571 bits per heavy atom. The summed E-state index contributed by atoms with van der Waals surface area (Å²) in [5.74, 6) is -2.22. The van der Waals surface area contributed by atoms with Crippen molar-refractivity contribution in [2.45, 2.75) is 37.1 Å². The molecule has 4 aromatic rings. The standard InChI is InChI=1S/C32H34N4O6/c33-23-15-7-13-21(27(23)37)31(41)35-25(17-19-9-3-1-4-10-19)29(39)30(40)26(18-20-11-5-2-6-12-20)36-32(42)22-14-8-16-24(34)28(22)38/h1-16,25-26,29-30,37-40H,17-18,33-34H2,(H,35,41)(H,36,42). The number of anilines is 2. The van der Waals surface area contributed by atoms with Crippen LogP contribution in [0.25, 0.3) is 0 Å². The lowest BCUT2D eigenvalue weighted by Crippen LogP contribution is -2.57. The number of hydrogen-bond acceptors (Lipinski definition) is 8. The molecule has 2 amide bonds. The predicted octanol–water partition coefficient (Wildman–Crippen LogP) is 2.37. The van der Waals surface area contributed by atoms with Gasteiger partial charge in [-0.15, -0.1) is 0 Å². The number of para-hydroxylation sites is 2. The van der Waals surface area contributed by atoms with Gasteiger partial charge in [-0.25, -0.2) is 0 Å².